The van der Waals surface area contributed by atoms with Crippen molar-refractivity contribution in [1.29, 1.82) is 0 Å². The molecule has 2 rings (SSSR count). The second-order valence-corrected chi connectivity index (χ2v) is 8.10. The Balaban J connectivity index is 1.74. The van der Waals surface area contributed by atoms with E-state index in [0.29, 0.717) is 11.3 Å². The molecule has 0 radical (unpaired) electrons. The van der Waals surface area contributed by atoms with Crippen LogP contribution in [-0.4, -0.2) is 45.7 Å². The molecule has 0 bridgehead atoms. The molecular weight excluding hydrogens is 328 g/mol. The summed E-state index contributed by atoms with van der Waals surface area (Å²) in [5, 5.41) is 2.73. The lowest BCUT2D eigenvalue weighted by molar-refractivity contribution is -0.124. The van der Waals surface area contributed by atoms with Crippen molar-refractivity contribution in [3.05, 3.63) is 21.9 Å². The molecule has 1 aliphatic carbocycles. The average molecular weight is 346 g/mol. The van der Waals surface area contributed by atoms with Gasteiger partial charge in [-0.15, -0.1) is 11.3 Å². The summed E-state index contributed by atoms with van der Waals surface area (Å²) in [5.41, 5.74) is 0. The van der Waals surface area contributed by atoms with Crippen LogP contribution in [0.5, 0.6) is 0 Å². The summed E-state index contributed by atoms with van der Waals surface area (Å²) in [6.45, 7) is -0.00414. The number of esters is 1. The number of carbonyl (C=O) groups is 2. The number of rotatable bonds is 8. The number of hydrogen-bond donors (Lipinski definition) is 2. The van der Waals surface area contributed by atoms with Crippen molar-refractivity contribution in [2.75, 3.05) is 19.4 Å². The Hall–Kier alpha value is -1.45. The van der Waals surface area contributed by atoms with Gasteiger partial charge in [0.1, 0.15) is 4.88 Å². The zero-order valence-electron chi connectivity index (χ0n) is 12.1. The molecule has 0 aliphatic heterocycles. The number of sulfonamides is 1. The quantitative estimate of drug-likeness (QED) is 0.658. The second-order valence-electron chi connectivity index (χ2n) is 5.10. The molecule has 1 saturated carbocycles. The van der Waals surface area contributed by atoms with Gasteiger partial charge in [0.25, 0.3) is 5.91 Å². The van der Waals surface area contributed by atoms with Gasteiger partial charge in [-0.1, -0.05) is 0 Å². The normalized spacial score (nSPS) is 14.6. The molecule has 22 heavy (non-hydrogen) atoms. The minimum Gasteiger partial charge on any atom is -0.451 e. The summed E-state index contributed by atoms with van der Waals surface area (Å²) in [5.74, 6) is -0.830. The molecule has 9 heteroatoms. The van der Waals surface area contributed by atoms with Gasteiger partial charge in [-0.3, -0.25) is 4.79 Å². The zero-order chi connectivity index (χ0) is 16.2. The van der Waals surface area contributed by atoms with Crippen molar-refractivity contribution >= 4 is 33.2 Å². The Labute approximate surface area is 133 Å². The van der Waals surface area contributed by atoms with E-state index in [2.05, 4.69) is 10.0 Å². The number of thiophene rings is 1. The van der Waals surface area contributed by atoms with E-state index >= 15 is 0 Å². The van der Waals surface area contributed by atoms with Crippen LogP contribution in [0.15, 0.2) is 12.1 Å². The number of nitrogens with one attached hydrogen (secondary N) is 2. The van der Waals surface area contributed by atoms with E-state index in [1.807, 2.05) is 0 Å². The topological polar surface area (TPSA) is 102 Å². The minimum atomic E-state index is -3.21. The number of carbonyl (C=O) groups excluding carboxylic acids is 2. The summed E-state index contributed by atoms with van der Waals surface area (Å²) in [7, 11) is -3.21. The predicted octanol–water partition coefficient (Wildman–Crippen LogP) is 0.275. The van der Waals surface area contributed by atoms with Gasteiger partial charge in [0.05, 0.1) is 6.26 Å². The predicted molar refractivity (Wildman–Crippen MR) is 82.3 cm³/mol. The standard InChI is InChI=1S/C13H18N2O5S2/c1-22(18,19)14-7-6-10-4-5-11(21-10)13(17)20-8-12(16)15-9-2-3-9/h4-5,9,14H,2-3,6-8H2,1H3,(H,15,16). The van der Waals surface area contributed by atoms with E-state index in [1.54, 1.807) is 12.1 Å². The van der Waals surface area contributed by atoms with Crippen molar-refractivity contribution < 1.29 is 22.7 Å². The molecule has 1 aliphatic rings. The van der Waals surface area contributed by atoms with Gasteiger partial charge in [0, 0.05) is 17.5 Å². The Bertz CT molecular complexity index is 649. The van der Waals surface area contributed by atoms with Crippen LogP contribution in [0.3, 0.4) is 0 Å². The highest BCUT2D eigenvalue weighted by Crippen LogP contribution is 2.19. The van der Waals surface area contributed by atoms with E-state index in [9.17, 15) is 18.0 Å². The van der Waals surface area contributed by atoms with E-state index in [1.165, 1.54) is 11.3 Å². The SMILES string of the molecule is CS(=O)(=O)NCCc1ccc(C(=O)OCC(=O)NC2CC2)s1. The van der Waals surface area contributed by atoms with Gasteiger partial charge in [0.2, 0.25) is 10.0 Å². The summed E-state index contributed by atoms with van der Waals surface area (Å²) in [4.78, 5) is 24.5. The number of ether oxygens (including phenoxy) is 1. The third-order valence-electron chi connectivity index (χ3n) is 2.88. The van der Waals surface area contributed by atoms with Gasteiger partial charge in [0.15, 0.2) is 6.61 Å². The van der Waals surface area contributed by atoms with Crippen molar-refractivity contribution in [3.8, 4) is 0 Å². The van der Waals surface area contributed by atoms with Crippen LogP contribution in [0.1, 0.15) is 27.4 Å². The molecule has 1 amide bonds. The highest BCUT2D eigenvalue weighted by molar-refractivity contribution is 7.88. The van der Waals surface area contributed by atoms with Gasteiger partial charge < -0.3 is 10.1 Å². The van der Waals surface area contributed by atoms with E-state index in [-0.39, 0.29) is 25.1 Å². The molecule has 122 valence electrons. The molecule has 1 heterocycles. The molecule has 0 aromatic carbocycles. The van der Waals surface area contributed by atoms with E-state index in [0.717, 1.165) is 24.0 Å². The van der Waals surface area contributed by atoms with Gasteiger partial charge in [-0.2, -0.15) is 0 Å². The third kappa shape index (κ3) is 6.12. The van der Waals surface area contributed by atoms with Crippen molar-refractivity contribution in [3.63, 3.8) is 0 Å². The molecule has 2 N–H and O–H groups in total. The summed E-state index contributed by atoms with van der Waals surface area (Å²) in [6, 6.07) is 3.60. The Morgan fingerprint density at radius 3 is 2.73 bits per heavy atom. The average Bonchev–Trinajstić information content (AvgIpc) is 3.10. The minimum absolute atomic E-state index is 0.238. The maximum absolute atomic E-state index is 11.8. The number of hydrogen-bond acceptors (Lipinski definition) is 6. The van der Waals surface area contributed by atoms with E-state index < -0.39 is 16.0 Å². The molecule has 1 fully saturated rings. The summed E-state index contributed by atoms with van der Waals surface area (Å²) < 4.78 is 29.2. The fourth-order valence-electron chi connectivity index (χ4n) is 1.68. The Morgan fingerprint density at radius 2 is 2.09 bits per heavy atom. The lowest BCUT2D eigenvalue weighted by Crippen LogP contribution is -2.30. The van der Waals surface area contributed by atoms with Crippen LogP contribution in [0.2, 0.25) is 0 Å². The summed E-state index contributed by atoms with van der Waals surface area (Å²) >= 11 is 1.23. The maximum Gasteiger partial charge on any atom is 0.348 e. The second kappa shape index (κ2) is 7.21. The van der Waals surface area contributed by atoms with Crippen molar-refractivity contribution in [1.82, 2.24) is 10.0 Å². The molecule has 0 spiro atoms. The third-order valence-corrected chi connectivity index (χ3v) is 4.73. The van der Waals surface area contributed by atoms with Gasteiger partial charge >= 0.3 is 5.97 Å². The van der Waals surface area contributed by atoms with Crippen LogP contribution in [0, 0.1) is 0 Å². The highest BCUT2D eigenvalue weighted by Gasteiger charge is 2.23. The van der Waals surface area contributed by atoms with Crippen molar-refractivity contribution in [2.24, 2.45) is 0 Å². The lowest BCUT2D eigenvalue weighted by atomic mass is 10.3. The first kappa shape index (κ1) is 16.9. The van der Waals surface area contributed by atoms with Gasteiger partial charge in [-0.25, -0.2) is 17.9 Å². The fourth-order valence-corrected chi connectivity index (χ4v) is 3.05. The first-order valence-electron chi connectivity index (χ1n) is 6.83. The van der Waals surface area contributed by atoms with Crippen molar-refractivity contribution in [2.45, 2.75) is 25.3 Å². The molecule has 0 atom stereocenters. The molecule has 0 unspecified atom stereocenters. The highest BCUT2D eigenvalue weighted by atomic mass is 32.2. The summed E-state index contributed by atoms with van der Waals surface area (Å²) in [6.07, 6.45) is 3.55. The lowest BCUT2D eigenvalue weighted by Gasteiger charge is -2.04. The smallest absolute Gasteiger partial charge is 0.348 e. The first-order valence-corrected chi connectivity index (χ1v) is 9.54. The monoisotopic (exact) mass is 346 g/mol. The maximum atomic E-state index is 11.8. The fraction of sp³-hybridized carbons (Fsp3) is 0.538. The molecule has 7 nitrogen and oxygen atoms in total. The number of amides is 1. The van der Waals surface area contributed by atoms with Crippen LogP contribution >= 0.6 is 11.3 Å². The Kier molecular flexibility index (Phi) is 5.54. The molecule has 0 saturated heterocycles. The van der Waals surface area contributed by atoms with Crippen LogP contribution in [0.4, 0.5) is 0 Å². The largest absolute Gasteiger partial charge is 0.451 e. The van der Waals surface area contributed by atoms with E-state index in [4.69, 9.17) is 4.74 Å². The van der Waals surface area contributed by atoms with Crippen LogP contribution < -0.4 is 10.0 Å². The molecule has 1 aromatic heterocycles. The van der Waals surface area contributed by atoms with Gasteiger partial charge in [-0.05, 0) is 31.4 Å². The zero-order valence-corrected chi connectivity index (χ0v) is 13.8. The Morgan fingerprint density at radius 1 is 1.36 bits per heavy atom. The van der Waals surface area contributed by atoms with Crippen LogP contribution in [-0.2, 0) is 26.0 Å². The van der Waals surface area contributed by atoms with Crippen LogP contribution in [0.25, 0.3) is 0 Å². The molecule has 1 aromatic rings. The molecular formula is C13H18N2O5S2. The first-order chi connectivity index (χ1) is 10.3.